The van der Waals surface area contributed by atoms with E-state index in [0.717, 1.165) is 29.2 Å². The number of carbonyl (C=O) groups is 1. The molecule has 47 heavy (non-hydrogen) atoms. The van der Waals surface area contributed by atoms with Gasteiger partial charge in [-0.3, -0.25) is 9.36 Å². The van der Waals surface area contributed by atoms with Gasteiger partial charge < -0.3 is 13.9 Å². The molecule has 0 saturated heterocycles. The predicted molar refractivity (Wildman–Crippen MR) is 169 cm³/mol. The molecule has 0 bridgehead atoms. The number of alkyl halides is 3. The normalized spacial score (nSPS) is 14.9. The van der Waals surface area contributed by atoms with Crippen LogP contribution in [0.3, 0.4) is 0 Å². The summed E-state index contributed by atoms with van der Waals surface area (Å²) in [4.78, 5) is 39.9. The fourth-order valence-electron chi connectivity index (χ4n) is 4.95. The molecule has 5 aromatic rings. The van der Waals surface area contributed by atoms with Gasteiger partial charge in [-0.15, -0.1) is 0 Å². The van der Waals surface area contributed by atoms with Gasteiger partial charge in [-0.2, -0.15) is 13.2 Å². The summed E-state index contributed by atoms with van der Waals surface area (Å²) < 4.78 is 59.2. The van der Waals surface area contributed by atoms with Crippen LogP contribution in [-0.4, -0.2) is 34.2 Å². The lowest BCUT2D eigenvalue weighted by Gasteiger charge is -2.24. The van der Waals surface area contributed by atoms with Gasteiger partial charge in [0.25, 0.3) is 5.56 Å². The highest BCUT2D eigenvalue weighted by molar-refractivity contribution is 7.99. The van der Waals surface area contributed by atoms with Crippen molar-refractivity contribution in [2.24, 2.45) is 4.99 Å². The van der Waals surface area contributed by atoms with Gasteiger partial charge in [-0.05, 0) is 61.5 Å². The van der Waals surface area contributed by atoms with Crippen LogP contribution in [0.5, 0.6) is 5.75 Å². The molecule has 0 amide bonds. The summed E-state index contributed by atoms with van der Waals surface area (Å²) in [6, 6.07) is 18.8. The molecule has 14 heteroatoms. The Hall–Kier alpha value is -4.95. The van der Waals surface area contributed by atoms with Gasteiger partial charge in [0, 0.05) is 11.6 Å². The molecule has 6 rings (SSSR count). The van der Waals surface area contributed by atoms with E-state index < -0.39 is 29.4 Å². The Morgan fingerprint density at radius 2 is 1.83 bits per heavy atom. The first-order chi connectivity index (χ1) is 22.5. The summed E-state index contributed by atoms with van der Waals surface area (Å²) in [5.74, 6) is 0.303. The number of halogens is 3. The number of ether oxygens (including phenoxy) is 2. The molecule has 1 aliphatic rings. The number of nitrogens with zero attached hydrogens (tertiary/aromatic N) is 4. The monoisotopic (exact) mass is 678 g/mol. The standard InChI is InChI=1S/C33H25F3N4O5S2/c1-4-44-30(42)27-18(2)37-32-40(28(27)20-10-12-21(43-3)13-11-20)29(41)24(46-32)16-22-14-15-26(45-22)47-31-38-23(19-8-6-5-7-9-19)17-25(39-31)33(34,35)36/h5-17,28H,4H2,1-3H3/b24-16+/t28-/m1/s1. The number of benzene rings is 2. The Morgan fingerprint density at radius 1 is 1.09 bits per heavy atom. The third-order valence-corrected chi connectivity index (χ3v) is 8.85. The van der Waals surface area contributed by atoms with Crippen LogP contribution < -0.4 is 19.6 Å². The molecule has 4 heterocycles. The van der Waals surface area contributed by atoms with E-state index in [9.17, 15) is 22.8 Å². The van der Waals surface area contributed by atoms with Crippen molar-refractivity contribution in [1.29, 1.82) is 0 Å². The Morgan fingerprint density at radius 3 is 2.51 bits per heavy atom. The van der Waals surface area contributed by atoms with Gasteiger partial charge in [0.1, 0.15) is 17.2 Å². The number of thiazole rings is 1. The minimum atomic E-state index is -4.68. The number of allylic oxidation sites excluding steroid dienone is 1. The summed E-state index contributed by atoms with van der Waals surface area (Å²) in [6.45, 7) is 3.53. The van der Waals surface area contributed by atoms with Crippen molar-refractivity contribution in [2.75, 3.05) is 13.7 Å². The van der Waals surface area contributed by atoms with Crippen molar-refractivity contribution < 1.29 is 31.9 Å². The van der Waals surface area contributed by atoms with Crippen molar-refractivity contribution in [1.82, 2.24) is 14.5 Å². The number of rotatable bonds is 8. The highest BCUT2D eigenvalue weighted by Gasteiger charge is 2.35. The first-order valence-electron chi connectivity index (χ1n) is 14.2. The molecule has 1 aliphatic heterocycles. The van der Waals surface area contributed by atoms with Crippen LogP contribution in [0.15, 0.2) is 109 Å². The molecule has 0 N–H and O–H groups in total. The van der Waals surface area contributed by atoms with Gasteiger partial charge in [-0.1, -0.05) is 53.8 Å². The lowest BCUT2D eigenvalue weighted by Crippen LogP contribution is -2.39. The van der Waals surface area contributed by atoms with Gasteiger partial charge in [-0.25, -0.2) is 19.8 Å². The number of hydrogen-bond donors (Lipinski definition) is 0. The summed E-state index contributed by atoms with van der Waals surface area (Å²) in [6.07, 6.45) is -3.16. The van der Waals surface area contributed by atoms with Gasteiger partial charge in [0.2, 0.25) is 0 Å². The number of carbonyl (C=O) groups excluding carboxylic acids is 1. The molecule has 0 aliphatic carbocycles. The lowest BCUT2D eigenvalue weighted by molar-refractivity contribution is -0.141. The zero-order valence-corrected chi connectivity index (χ0v) is 26.7. The second-order valence-corrected chi connectivity index (χ2v) is 12.1. The predicted octanol–water partition coefficient (Wildman–Crippen LogP) is 6.03. The summed E-state index contributed by atoms with van der Waals surface area (Å²) in [5.41, 5.74) is 0.449. The van der Waals surface area contributed by atoms with Gasteiger partial charge in [0.15, 0.2) is 15.1 Å². The topological polar surface area (TPSA) is 109 Å². The molecular formula is C33H25F3N4O5S2. The number of methoxy groups -OCH3 is 1. The van der Waals surface area contributed by atoms with E-state index >= 15 is 0 Å². The van der Waals surface area contributed by atoms with Crippen LogP contribution in [-0.2, 0) is 15.7 Å². The summed E-state index contributed by atoms with van der Waals surface area (Å²) in [5, 5.41) is 0.0688. The summed E-state index contributed by atoms with van der Waals surface area (Å²) >= 11 is 1.94. The van der Waals surface area contributed by atoms with Crippen molar-refractivity contribution in [2.45, 2.75) is 36.3 Å². The molecule has 240 valence electrons. The van der Waals surface area contributed by atoms with Crippen molar-refractivity contribution in [3.8, 4) is 17.0 Å². The van der Waals surface area contributed by atoms with Crippen molar-refractivity contribution in [3.05, 3.63) is 121 Å². The molecule has 9 nitrogen and oxygen atoms in total. The van der Waals surface area contributed by atoms with E-state index in [1.807, 2.05) is 0 Å². The van der Waals surface area contributed by atoms with Crippen molar-refractivity contribution >= 4 is 35.1 Å². The van der Waals surface area contributed by atoms with E-state index in [2.05, 4.69) is 15.0 Å². The molecular weight excluding hydrogens is 654 g/mol. The maximum absolute atomic E-state index is 13.9. The van der Waals surface area contributed by atoms with E-state index in [4.69, 9.17) is 13.9 Å². The van der Waals surface area contributed by atoms with E-state index in [1.54, 1.807) is 87.7 Å². The van der Waals surface area contributed by atoms with E-state index in [-0.39, 0.29) is 38.4 Å². The average molecular weight is 679 g/mol. The Kier molecular flexibility index (Phi) is 8.88. The molecule has 3 aromatic heterocycles. The van der Waals surface area contributed by atoms with Crippen LogP contribution in [0.2, 0.25) is 0 Å². The van der Waals surface area contributed by atoms with Crippen LogP contribution >= 0.6 is 23.1 Å². The molecule has 2 aromatic carbocycles. The number of esters is 1. The molecule has 1 atom stereocenters. The molecule has 0 unspecified atom stereocenters. The smallest absolute Gasteiger partial charge is 0.433 e. The number of hydrogen-bond acceptors (Lipinski definition) is 10. The zero-order valence-electron chi connectivity index (χ0n) is 25.1. The Labute approximate surface area is 273 Å². The number of fused-ring (bicyclic) bond motifs is 1. The summed E-state index contributed by atoms with van der Waals surface area (Å²) in [7, 11) is 1.54. The minimum absolute atomic E-state index is 0.118. The fourth-order valence-corrected chi connectivity index (χ4v) is 6.72. The quantitative estimate of drug-likeness (QED) is 0.145. The SMILES string of the molecule is CCOC(=O)C1=C(C)N=c2s/c(=C/c3ccc(Sc4nc(-c5ccccc5)cc(C(F)(F)F)n4)o3)c(=O)n2[C@@H]1c1ccc(OC)cc1. The number of aromatic nitrogens is 3. The minimum Gasteiger partial charge on any atom is -0.497 e. The molecule has 0 fully saturated rings. The zero-order chi connectivity index (χ0) is 33.3. The first-order valence-corrected chi connectivity index (χ1v) is 15.8. The van der Waals surface area contributed by atoms with Gasteiger partial charge in [0.05, 0.1) is 41.3 Å². The van der Waals surface area contributed by atoms with Crippen molar-refractivity contribution in [3.63, 3.8) is 0 Å². The van der Waals surface area contributed by atoms with Crippen LogP contribution in [0.4, 0.5) is 13.2 Å². The van der Waals surface area contributed by atoms with Crippen LogP contribution in [0.1, 0.15) is 36.9 Å². The molecule has 0 radical (unpaired) electrons. The van der Waals surface area contributed by atoms with E-state index in [1.165, 1.54) is 10.6 Å². The first kappa shape index (κ1) is 32.0. The largest absolute Gasteiger partial charge is 0.497 e. The Bertz CT molecular complexity index is 2170. The molecule has 0 spiro atoms. The second kappa shape index (κ2) is 13.0. The number of furan rings is 1. The maximum Gasteiger partial charge on any atom is 0.433 e. The average Bonchev–Trinajstić information content (AvgIpc) is 3.62. The molecule has 0 saturated carbocycles. The van der Waals surface area contributed by atoms with Crippen LogP contribution in [0.25, 0.3) is 17.3 Å². The maximum atomic E-state index is 13.9. The van der Waals surface area contributed by atoms with Gasteiger partial charge >= 0.3 is 12.1 Å². The Balaban J connectivity index is 1.37. The van der Waals surface area contributed by atoms with Crippen LogP contribution in [0, 0.1) is 0 Å². The lowest BCUT2D eigenvalue weighted by atomic mass is 9.96. The highest BCUT2D eigenvalue weighted by Crippen LogP contribution is 2.35. The fraction of sp³-hybridized carbons (Fsp3) is 0.182. The third kappa shape index (κ3) is 6.65. The second-order valence-electron chi connectivity index (χ2n) is 10.1. The highest BCUT2D eigenvalue weighted by atomic mass is 32.2. The third-order valence-electron chi connectivity index (χ3n) is 7.08. The van der Waals surface area contributed by atoms with E-state index in [0.29, 0.717) is 27.4 Å².